The van der Waals surface area contributed by atoms with Gasteiger partial charge in [-0.3, -0.25) is 4.79 Å². The first-order valence-electron chi connectivity index (χ1n) is 10.9. The lowest BCUT2D eigenvalue weighted by atomic mass is 9.91. The lowest BCUT2D eigenvalue weighted by molar-refractivity contribution is -0.959. The molecule has 0 saturated carbocycles. The van der Waals surface area contributed by atoms with Gasteiger partial charge >= 0.3 is 0 Å². The average molecular weight is 469 g/mol. The van der Waals surface area contributed by atoms with E-state index in [1.54, 1.807) is 0 Å². The van der Waals surface area contributed by atoms with E-state index in [2.05, 4.69) is 57.2 Å². The van der Waals surface area contributed by atoms with Gasteiger partial charge in [0.15, 0.2) is 5.78 Å². The Labute approximate surface area is 192 Å². The van der Waals surface area contributed by atoms with Gasteiger partial charge in [-0.2, -0.15) is 5.26 Å². The molecule has 0 aromatic heterocycles. The highest BCUT2D eigenvalue weighted by atomic mass is 79.9. The van der Waals surface area contributed by atoms with E-state index in [9.17, 15) is 4.79 Å². The highest BCUT2D eigenvalue weighted by Crippen LogP contribution is 2.30. The van der Waals surface area contributed by atoms with E-state index in [0.29, 0.717) is 17.8 Å². The second kappa shape index (κ2) is 10.9. The number of carbonyl (C=O) groups excluding carboxylic acids is 1. The molecule has 1 unspecified atom stereocenters. The van der Waals surface area contributed by atoms with Crippen LogP contribution in [0.4, 0.5) is 0 Å². The second-order valence-corrected chi connectivity index (χ2v) is 8.63. The van der Waals surface area contributed by atoms with Crippen LogP contribution in [0.3, 0.4) is 0 Å². The standard InChI is InChI=1S/C26H33N2O.BrH/c1-4-25(26(29)17-24-20(2)9-8-10-21(24)3)28(15-6-5-7-16-28)19-23-13-11-22(18-27)12-14-23;/h8-14,25H,4-7,15-17,19H2,1-3H3;1H/q+1;/p-1. The molecule has 160 valence electrons. The van der Waals surface area contributed by atoms with E-state index in [1.165, 1.54) is 41.5 Å². The van der Waals surface area contributed by atoms with Crippen molar-refractivity contribution in [3.05, 3.63) is 70.3 Å². The summed E-state index contributed by atoms with van der Waals surface area (Å²) >= 11 is 0. The SMILES string of the molecule is CCC(C(=O)Cc1c(C)cccc1C)[N+]1(Cc2ccc(C#N)cc2)CCCCC1.[Br-]. The van der Waals surface area contributed by atoms with Crippen molar-refractivity contribution in [2.24, 2.45) is 0 Å². The lowest BCUT2D eigenvalue weighted by Crippen LogP contribution is -3.00. The number of hydrogen-bond donors (Lipinski definition) is 0. The Morgan fingerprint density at radius 2 is 1.63 bits per heavy atom. The first-order chi connectivity index (χ1) is 14.0. The molecule has 2 aromatic rings. The zero-order chi connectivity index (χ0) is 20.9. The molecule has 1 aliphatic rings. The molecular weight excluding hydrogens is 436 g/mol. The summed E-state index contributed by atoms with van der Waals surface area (Å²) in [6, 6.07) is 16.4. The third-order valence-corrected chi connectivity index (χ3v) is 6.70. The molecule has 0 radical (unpaired) electrons. The predicted molar refractivity (Wildman–Crippen MR) is 117 cm³/mol. The maximum absolute atomic E-state index is 13.6. The van der Waals surface area contributed by atoms with E-state index in [4.69, 9.17) is 5.26 Å². The lowest BCUT2D eigenvalue weighted by Gasteiger charge is -2.46. The molecule has 3 nitrogen and oxygen atoms in total. The summed E-state index contributed by atoms with van der Waals surface area (Å²) in [6.07, 6.45) is 5.03. The van der Waals surface area contributed by atoms with Crippen LogP contribution in [0.2, 0.25) is 0 Å². The number of carbonyl (C=O) groups is 1. The van der Waals surface area contributed by atoms with Gasteiger partial charge in [-0.05, 0) is 61.9 Å². The minimum Gasteiger partial charge on any atom is -1.00 e. The zero-order valence-electron chi connectivity index (χ0n) is 18.5. The number of piperidine rings is 1. The van der Waals surface area contributed by atoms with Crippen molar-refractivity contribution in [3.63, 3.8) is 0 Å². The van der Waals surface area contributed by atoms with Crippen LogP contribution in [-0.4, -0.2) is 29.4 Å². The van der Waals surface area contributed by atoms with E-state index < -0.39 is 0 Å². The van der Waals surface area contributed by atoms with Crippen molar-refractivity contribution in [3.8, 4) is 6.07 Å². The molecule has 1 fully saturated rings. The Morgan fingerprint density at radius 1 is 1.03 bits per heavy atom. The summed E-state index contributed by atoms with van der Waals surface area (Å²) in [4.78, 5) is 13.6. The molecule has 2 aromatic carbocycles. The second-order valence-electron chi connectivity index (χ2n) is 8.63. The van der Waals surface area contributed by atoms with Crippen LogP contribution < -0.4 is 17.0 Å². The van der Waals surface area contributed by atoms with Crippen LogP contribution in [0.15, 0.2) is 42.5 Å². The number of Topliss-reactive ketones (excluding diaryl/α,β-unsaturated/α-hetero) is 1. The van der Waals surface area contributed by atoms with Gasteiger partial charge in [0, 0.05) is 18.4 Å². The zero-order valence-corrected chi connectivity index (χ0v) is 20.0. The minimum absolute atomic E-state index is 0. The van der Waals surface area contributed by atoms with Crippen LogP contribution in [0, 0.1) is 25.2 Å². The number of benzene rings is 2. The Bertz CT molecular complexity index is 872. The van der Waals surface area contributed by atoms with Gasteiger partial charge in [-0.15, -0.1) is 0 Å². The summed E-state index contributed by atoms with van der Waals surface area (Å²) in [5.74, 6) is 0.375. The van der Waals surface area contributed by atoms with Crippen molar-refractivity contribution >= 4 is 5.78 Å². The summed E-state index contributed by atoms with van der Waals surface area (Å²) in [6.45, 7) is 9.40. The number of quaternary nitrogens is 1. The van der Waals surface area contributed by atoms with Crippen molar-refractivity contribution < 1.29 is 26.3 Å². The number of nitrogens with zero attached hydrogens (tertiary/aromatic N) is 2. The van der Waals surface area contributed by atoms with E-state index in [0.717, 1.165) is 30.5 Å². The topological polar surface area (TPSA) is 40.9 Å². The highest BCUT2D eigenvalue weighted by molar-refractivity contribution is 5.85. The first kappa shape index (κ1) is 24.3. The molecule has 0 spiro atoms. The van der Waals surface area contributed by atoms with E-state index in [-0.39, 0.29) is 23.0 Å². The largest absolute Gasteiger partial charge is 1.00 e. The summed E-state index contributed by atoms with van der Waals surface area (Å²) < 4.78 is 0.867. The highest BCUT2D eigenvalue weighted by Gasteiger charge is 2.41. The molecule has 1 aliphatic heterocycles. The summed E-state index contributed by atoms with van der Waals surface area (Å²) in [5.41, 5.74) is 5.54. The monoisotopic (exact) mass is 468 g/mol. The third kappa shape index (κ3) is 5.39. The van der Waals surface area contributed by atoms with Crippen LogP contribution in [0.25, 0.3) is 0 Å². The molecule has 0 aliphatic carbocycles. The molecule has 1 heterocycles. The smallest absolute Gasteiger partial charge is 0.194 e. The molecule has 0 amide bonds. The van der Waals surface area contributed by atoms with Gasteiger partial charge in [0.05, 0.1) is 24.7 Å². The van der Waals surface area contributed by atoms with Crippen molar-refractivity contribution in [2.45, 2.75) is 65.5 Å². The Kier molecular flexibility index (Phi) is 8.82. The van der Waals surface area contributed by atoms with Gasteiger partial charge < -0.3 is 21.5 Å². The van der Waals surface area contributed by atoms with Gasteiger partial charge in [0.1, 0.15) is 12.6 Å². The van der Waals surface area contributed by atoms with Crippen LogP contribution >= 0.6 is 0 Å². The third-order valence-electron chi connectivity index (χ3n) is 6.70. The van der Waals surface area contributed by atoms with Crippen molar-refractivity contribution in [1.82, 2.24) is 0 Å². The van der Waals surface area contributed by atoms with Crippen molar-refractivity contribution in [1.29, 1.82) is 5.26 Å². The normalized spacial score (nSPS) is 16.2. The van der Waals surface area contributed by atoms with Gasteiger partial charge in [-0.1, -0.05) is 37.3 Å². The fourth-order valence-electron chi connectivity index (χ4n) is 5.11. The molecule has 30 heavy (non-hydrogen) atoms. The summed E-state index contributed by atoms with van der Waals surface area (Å²) in [7, 11) is 0. The first-order valence-corrected chi connectivity index (χ1v) is 10.9. The molecule has 0 N–H and O–H groups in total. The molecule has 0 bridgehead atoms. The minimum atomic E-state index is 0. The Hall–Kier alpha value is -1.96. The van der Waals surface area contributed by atoms with E-state index >= 15 is 0 Å². The molecule has 3 rings (SSSR count). The number of halogens is 1. The number of aryl methyl sites for hydroxylation is 2. The number of ketones is 1. The number of rotatable bonds is 7. The number of nitriles is 1. The average Bonchev–Trinajstić information content (AvgIpc) is 2.72. The van der Waals surface area contributed by atoms with E-state index in [1.807, 2.05) is 12.1 Å². The van der Waals surface area contributed by atoms with Crippen LogP contribution in [-0.2, 0) is 17.8 Å². The van der Waals surface area contributed by atoms with Gasteiger partial charge in [0.25, 0.3) is 0 Å². The maximum atomic E-state index is 13.6. The number of hydrogen-bond acceptors (Lipinski definition) is 2. The maximum Gasteiger partial charge on any atom is 0.194 e. The van der Waals surface area contributed by atoms with Crippen LogP contribution in [0.5, 0.6) is 0 Å². The quantitative estimate of drug-likeness (QED) is 0.584. The Balaban J connectivity index is 0.00000320. The number of likely N-dealkylation sites (tertiary alicyclic amines) is 1. The fourth-order valence-corrected chi connectivity index (χ4v) is 5.11. The predicted octanol–water partition coefficient (Wildman–Crippen LogP) is 2.27. The van der Waals surface area contributed by atoms with Gasteiger partial charge in [-0.25, -0.2) is 0 Å². The van der Waals surface area contributed by atoms with Gasteiger partial charge in [0.2, 0.25) is 0 Å². The summed E-state index contributed by atoms with van der Waals surface area (Å²) in [5, 5.41) is 9.09. The molecule has 1 atom stereocenters. The Morgan fingerprint density at radius 3 is 2.17 bits per heavy atom. The molecule has 4 heteroatoms. The molecule has 1 saturated heterocycles. The fraction of sp³-hybridized carbons (Fsp3) is 0.462. The van der Waals surface area contributed by atoms with Crippen LogP contribution in [0.1, 0.15) is 60.4 Å². The van der Waals surface area contributed by atoms with Crippen molar-refractivity contribution in [2.75, 3.05) is 13.1 Å². The molecular formula is C26H33BrN2O.